The molecule has 2 rings (SSSR count). The lowest BCUT2D eigenvalue weighted by Gasteiger charge is -2.10. The summed E-state index contributed by atoms with van der Waals surface area (Å²) < 4.78 is 5.58. The van der Waals surface area contributed by atoms with Crippen LogP contribution in [0, 0.1) is 6.92 Å². The highest BCUT2D eigenvalue weighted by atomic mass is 16.5. The number of hydrogen-bond acceptors (Lipinski definition) is 3. The Morgan fingerprint density at radius 2 is 1.91 bits per heavy atom. The van der Waals surface area contributed by atoms with Crippen LogP contribution in [0.2, 0.25) is 0 Å². The summed E-state index contributed by atoms with van der Waals surface area (Å²) in [5, 5.41) is 2.87. The standard InChI is InChI=1S/C18H22N2O2/c1-3-14-4-7-16(8-5-14)22-11-10-18(21)20-17-9-6-15(19)12-13(17)2/h4-9,12H,3,10-11,19H2,1-2H3,(H,20,21). The third-order valence-corrected chi connectivity index (χ3v) is 3.45. The lowest BCUT2D eigenvalue weighted by molar-refractivity contribution is -0.116. The Hall–Kier alpha value is -2.49. The normalized spacial score (nSPS) is 10.3. The van der Waals surface area contributed by atoms with E-state index in [1.54, 1.807) is 6.07 Å². The third kappa shape index (κ3) is 4.52. The van der Waals surface area contributed by atoms with E-state index in [-0.39, 0.29) is 5.91 Å². The van der Waals surface area contributed by atoms with Crippen LogP contribution >= 0.6 is 0 Å². The fourth-order valence-electron chi connectivity index (χ4n) is 2.12. The lowest BCUT2D eigenvalue weighted by Crippen LogP contribution is -2.15. The molecule has 0 saturated heterocycles. The van der Waals surface area contributed by atoms with Gasteiger partial charge < -0.3 is 15.8 Å². The van der Waals surface area contributed by atoms with Crippen LogP contribution in [-0.2, 0) is 11.2 Å². The molecule has 0 heterocycles. The van der Waals surface area contributed by atoms with E-state index in [0.717, 1.165) is 23.4 Å². The van der Waals surface area contributed by atoms with Crippen molar-refractivity contribution in [1.29, 1.82) is 0 Å². The van der Waals surface area contributed by atoms with Gasteiger partial charge in [-0.3, -0.25) is 4.79 Å². The van der Waals surface area contributed by atoms with E-state index >= 15 is 0 Å². The summed E-state index contributed by atoms with van der Waals surface area (Å²) in [6.07, 6.45) is 1.31. The molecule has 0 fully saturated rings. The van der Waals surface area contributed by atoms with Gasteiger partial charge in [-0.15, -0.1) is 0 Å². The van der Waals surface area contributed by atoms with E-state index in [2.05, 4.69) is 12.2 Å². The van der Waals surface area contributed by atoms with Gasteiger partial charge in [0.15, 0.2) is 0 Å². The number of hydrogen-bond donors (Lipinski definition) is 2. The van der Waals surface area contributed by atoms with Crippen LogP contribution < -0.4 is 15.8 Å². The van der Waals surface area contributed by atoms with E-state index in [4.69, 9.17) is 10.5 Å². The average molecular weight is 298 g/mol. The molecule has 0 aromatic heterocycles. The van der Waals surface area contributed by atoms with E-state index in [0.29, 0.717) is 18.7 Å². The van der Waals surface area contributed by atoms with Crippen LogP contribution in [0.3, 0.4) is 0 Å². The molecule has 2 aromatic rings. The fraction of sp³-hybridized carbons (Fsp3) is 0.278. The van der Waals surface area contributed by atoms with Crippen molar-refractivity contribution in [3.05, 3.63) is 53.6 Å². The van der Waals surface area contributed by atoms with Crippen LogP contribution in [0.5, 0.6) is 5.75 Å². The van der Waals surface area contributed by atoms with Crippen LogP contribution in [0.25, 0.3) is 0 Å². The Kier molecular flexibility index (Phi) is 5.42. The number of carbonyl (C=O) groups excluding carboxylic acids is 1. The van der Waals surface area contributed by atoms with Crippen molar-refractivity contribution in [2.45, 2.75) is 26.7 Å². The molecule has 116 valence electrons. The van der Waals surface area contributed by atoms with Crippen molar-refractivity contribution < 1.29 is 9.53 Å². The molecule has 0 aliphatic heterocycles. The topological polar surface area (TPSA) is 64.3 Å². The quantitative estimate of drug-likeness (QED) is 0.802. The molecule has 0 spiro atoms. The van der Waals surface area contributed by atoms with Crippen molar-refractivity contribution in [2.24, 2.45) is 0 Å². The predicted molar refractivity (Wildman–Crippen MR) is 90.2 cm³/mol. The maximum atomic E-state index is 11.9. The first kappa shape index (κ1) is 15.9. The van der Waals surface area contributed by atoms with Gasteiger partial charge in [0.1, 0.15) is 5.75 Å². The Labute approximate surface area is 131 Å². The highest BCUT2D eigenvalue weighted by Crippen LogP contribution is 2.18. The Morgan fingerprint density at radius 3 is 2.55 bits per heavy atom. The van der Waals surface area contributed by atoms with E-state index < -0.39 is 0 Å². The number of amides is 1. The van der Waals surface area contributed by atoms with Crippen LogP contribution in [-0.4, -0.2) is 12.5 Å². The van der Waals surface area contributed by atoms with Crippen molar-refractivity contribution in [1.82, 2.24) is 0 Å². The highest BCUT2D eigenvalue weighted by Gasteiger charge is 2.05. The highest BCUT2D eigenvalue weighted by molar-refractivity contribution is 5.91. The second-order valence-corrected chi connectivity index (χ2v) is 5.22. The second-order valence-electron chi connectivity index (χ2n) is 5.22. The molecule has 4 heteroatoms. The summed E-state index contributed by atoms with van der Waals surface area (Å²) in [6, 6.07) is 13.4. The predicted octanol–water partition coefficient (Wildman–Crippen LogP) is 3.55. The lowest BCUT2D eigenvalue weighted by atomic mass is 10.2. The minimum Gasteiger partial charge on any atom is -0.493 e. The van der Waals surface area contributed by atoms with Crippen LogP contribution in [0.4, 0.5) is 11.4 Å². The molecule has 0 unspecified atom stereocenters. The molecule has 0 radical (unpaired) electrons. The number of carbonyl (C=O) groups is 1. The van der Waals surface area contributed by atoms with Crippen LogP contribution in [0.1, 0.15) is 24.5 Å². The summed E-state index contributed by atoms with van der Waals surface area (Å²) in [7, 11) is 0. The van der Waals surface area contributed by atoms with Gasteiger partial charge in [0.05, 0.1) is 13.0 Å². The summed E-state index contributed by atoms with van der Waals surface area (Å²) in [4.78, 5) is 11.9. The molecular formula is C18H22N2O2. The summed E-state index contributed by atoms with van der Waals surface area (Å²) >= 11 is 0. The molecule has 2 aromatic carbocycles. The van der Waals surface area contributed by atoms with Gasteiger partial charge in [0.2, 0.25) is 5.91 Å². The number of rotatable bonds is 6. The molecule has 0 atom stereocenters. The van der Waals surface area contributed by atoms with Crippen molar-refractivity contribution in [3.63, 3.8) is 0 Å². The first-order valence-electron chi connectivity index (χ1n) is 7.46. The van der Waals surface area contributed by atoms with E-state index in [9.17, 15) is 4.79 Å². The number of nitrogens with one attached hydrogen (secondary N) is 1. The molecule has 0 bridgehead atoms. The molecule has 22 heavy (non-hydrogen) atoms. The molecule has 1 amide bonds. The molecule has 0 aliphatic carbocycles. The average Bonchev–Trinajstić information content (AvgIpc) is 2.51. The summed E-state index contributed by atoms with van der Waals surface area (Å²) in [5.41, 5.74) is 9.38. The van der Waals surface area contributed by atoms with Gasteiger partial charge in [-0.25, -0.2) is 0 Å². The molecule has 0 saturated carbocycles. The number of benzene rings is 2. The van der Waals surface area contributed by atoms with Gasteiger partial charge in [-0.1, -0.05) is 19.1 Å². The van der Waals surface area contributed by atoms with Crippen molar-refractivity contribution in [3.8, 4) is 5.75 Å². The minimum absolute atomic E-state index is 0.0713. The summed E-state index contributed by atoms with van der Waals surface area (Å²) in [5.74, 6) is 0.715. The third-order valence-electron chi connectivity index (χ3n) is 3.45. The van der Waals surface area contributed by atoms with Gasteiger partial charge in [0.25, 0.3) is 0 Å². The summed E-state index contributed by atoms with van der Waals surface area (Å²) in [6.45, 7) is 4.38. The number of anilines is 2. The molecule has 4 nitrogen and oxygen atoms in total. The zero-order valence-electron chi connectivity index (χ0n) is 13.1. The number of nitrogens with two attached hydrogens (primary N) is 1. The van der Waals surface area contributed by atoms with Gasteiger partial charge in [0, 0.05) is 11.4 Å². The Balaban J connectivity index is 1.79. The molecule has 3 N–H and O–H groups in total. The number of ether oxygens (including phenoxy) is 1. The second kappa shape index (κ2) is 7.50. The van der Waals surface area contributed by atoms with E-state index in [1.165, 1.54) is 5.56 Å². The fourth-order valence-corrected chi connectivity index (χ4v) is 2.12. The zero-order chi connectivity index (χ0) is 15.9. The number of nitrogen functional groups attached to an aromatic ring is 1. The first-order chi connectivity index (χ1) is 10.6. The van der Waals surface area contributed by atoms with Crippen LogP contribution in [0.15, 0.2) is 42.5 Å². The SMILES string of the molecule is CCc1ccc(OCCC(=O)Nc2ccc(N)cc2C)cc1. The Bertz CT molecular complexity index is 636. The first-order valence-corrected chi connectivity index (χ1v) is 7.46. The largest absolute Gasteiger partial charge is 0.493 e. The van der Waals surface area contributed by atoms with Crippen molar-refractivity contribution >= 4 is 17.3 Å². The zero-order valence-corrected chi connectivity index (χ0v) is 13.1. The van der Waals surface area contributed by atoms with Crippen molar-refractivity contribution in [2.75, 3.05) is 17.7 Å². The molecule has 0 aliphatic rings. The Morgan fingerprint density at radius 1 is 1.18 bits per heavy atom. The molecular weight excluding hydrogens is 276 g/mol. The van der Waals surface area contributed by atoms with Gasteiger partial charge in [-0.2, -0.15) is 0 Å². The van der Waals surface area contributed by atoms with E-state index in [1.807, 2.05) is 43.3 Å². The maximum Gasteiger partial charge on any atom is 0.227 e. The number of aryl methyl sites for hydroxylation is 2. The monoisotopic (exact) mass is 298 g/mol. The maximum absolute atomic E-state index is 11.9. The minimum atomic E-state index is -0.0713. The smallest absolute Gasteiger partial charge is 0.227 e. The van der Waals surface area contributed by atoms with Gasteiger partial charge >= 0.3 is 0 Å². The van der Waals surface area contributed by atoms with Gasteiger partial charge in [-0.05, 0) is 54.8 Å².